The summed E-state index contributed by atoms with van der Waals surface area (Å²) in [6.45, 7) is 1.90. The van der Waals surface area contributed by atoms with Crippen LogP contribution >= 0.6 is 28.1 Å². The van der Waals surface area contributed by atoms with E-state index >= 15 is 0 Å². The lowest BCUT2D eigenvalue weighted by Crippen LogP contribution is -2.12. The van der Waals surface area contributed by atoms with Crippen LogP contribution in [0.3, 0.4) is 0 Å². The van der Waals surface area contributed by atoms with Crippen LogP contribution in [0.5, 0.6) is 0 Å². The molecular formula is C14H12BrFN2S. The lowest BCUT2D eigenvalue weighted by atomic mass is 10.1. The monoisotopic (exact) mass is 338 g/mol. The van der Waals surface area contributed by atoms with Gasteiger partial charge in [0.15, 0.2) is 0 Å². The highest BCUT2D eigenvalue weighted by molar-refractivity contribution is 9.10. The number of aryl methyl sites for hydroxylation is 1. The summed E-state index contributed by atoms with van der Waals surface area (Å²) in [5.41, 5.74) is 8.41. The molecule has 0 bridgehead atoms. The van der Waals surface area contributed by atoms with Crippen LogP contribution in [-0.4, -0.2) is 4.99 Å². The van der Waals surface area contributed by atoms with Crippen LogP contribution in [-0.2, 0) is 0 Å². The second kappa shape index (κ2) is 5.67. The fraction of sp³-hybridized carbons (Fsp3) is 0.0714. The Morgan fingerprint density at radius 2 is 1.95 bits per heavy atom. The first kappa shape index (κ1) is 14.0. The maximum absolute atomic E-state index is 13.7. The van der Waals surface area contributed by atoms with Crippen molar-refractivity contribution in [1.29, 1.82) is 0 Å². The number of nitrogens with two attached hydrogens (primary N) is 1. The predicted molar refractivity (Wildman–Crippen MR) is 84.4 cm³/mol. The quantitative estimate of drug-likeness (QED) is 0.820. The first-order valence-electron chi connectivity index (χ1n) is 5.60. The average molecular weight is 339 g/mol. The van der Waals surface area contributed by atoms with Crippen LogP contribution in [0.4, 0.5) is 15.8 Å². The summed E-state index contributed by atoms with van der Waals surface area (Å²) in [6, 6.07) is 10.3. The first-order valence-corrected chi connectivity index (χ1v) is 6.80. The summed E-state index contributed by atoms with van der Waals surface area (Å²) >= 11 is 8.37. The van der Waals surface area contributed by atoms with Gasteiger partial charge in [-0.15, -0.1) is 0 Å². The van der Waals surface area contributed by atoms with Gasteiger partial charge in [-0.2, -0.15) is 0 Å². The molecule has 19 heavy (non-hydrogen) atoms. The van der Waals surface area contributed by atoms with Gasteiger partial charge in [0.25, 0.3) is 0 Å². The number of thiocarbonyl (C=S) groups is 1. The molecule has 0 fully saturated rings. The predicted octanol–water partition coefficient (Wildman–Crippen LogP) is 4.27. The zero-order valence-electron chi connectivity index (χ0n) is 10.2. The van der Waals surface area contributed by atoms with Gasteiger partial charge in [0.1, 0.15) is 10.8 Å². The third-order valence-corrected chi connectivity index (χ3v) is 3.35. The SMILES string of the molecule is Cc1ccc(F)c(Nc2ccc(Br)cc2C(N)=S)c1. The number of benzene rings is 2. The van der Waals surface area contributed by atoms with E-state index in [1.165, 1.54) is 6.07 Å². The summed E-state index contributed by atoms with van der Waals surface area (Å²) in [5.74, 6) is -0.317. The second-order valence-corrected chi connectivity index (χ2v) is 5.52. The third kappa shape index (κ3) is 3.30. The van der Waals surface area contributed by atoms with Crippen molar-refractivity contribution in [2.24, 2.45) is 5.73 Å². The first-order chi connectivity index (χ1) is 8.97. The standard InChI is InChI=1S/C14H12BrFN2S/c1-8-2-4-11(16)13(6-8)18-12-5-3-9(15)7-10(12)14(17)19/h2-7,18H,1H3,(H2,17,19). The largest absolute Gasteiger partial charge is 0.389 e. The molecule has 0 radical (unpaired) electrons. The number of anilines is 2. The van der Waals surface area contributed by atoms with Crippen molar-refractivity contribution in [2.75, 3.05) is 5.32 Å². The van der Waals surface area contributed by atoms with Crippen molar-refractivity contribution in [3.63, 3.8) is 0 Å². The molecule has 98 valence electrons. The molecule has 0 spiro atoms. The van der Waals surface area contributed by atoms with E-state index in [0.29, 0.717) is 16.9 Å². The van der Waals surface area contributed by atoms with E-state index in [-0.39, 0.29) is 10.8 Å². The van der Waals surface area contributed by atoms with E-state index in [9.17, 15) is 4.39 Å². The maximum atomic E-state index is 13.7. The van der Waals surface area contributed by atoms with Crippen molar-refractivity contribution in [3.8, 4) is 0 Å². The van der Waals surface area contributed by atoms with Gasteiger partial charge in [-0.1, -0.05) is 34.2 Å². The molecule has 0 aliphatic rings. The highest BCUT2D eigenvalue weighted by Crippen LogP contribution is 2.26. The molecular weight excluding hydrogens is 327 g/mol. The Morgan fingerprint density at radius 1 is 1.21 bits per heavy atom. The Labute approximate surface area is 124 Å². The van der Waals surface area contributed by atoms with Gasteiger partial charge in [0.2, 0.25) is 0 Å². The highest BCUT2D eigenvalue weighted by Gasteiger charge is 2.09. The van der Waals surface area contributed by atoms with Crippen LogP contribution in [0.15, 0.2) is 40.9 Å². The lowest BCUT2D eigenvalue weighted by Gasteiger charge is -2.13. The van der Waals surface area contributed by atoms with Crippen molar-refractivity contribution >= 4 is 44.5 Å². The van der Waals surface area contributed by atoms with Gasteiger partial charge in [-0.25, -0.2) is 4.39 Å². The Morgan fingerprint density at radius 3 is 2.63 bits per heavy atom. The minimum Gasteiger partial charge on any atom is -0.389 e. The number of hydrogen-bond acceptors (Lipinski definition) is 2. The Hall–Kier alpha value is -1.46. The average Bonchev–Trinajstić information content (AvgIpc) is 2.35. The van der Waals surface area contributed by atoms with Gasteiger partial charge in [-0.3, -0.25) is 0 Å². The molecule has 0 unspecified atom stereocenters. The van der Waals surface area contributed by atoms with E-state index in [0.717, 1.165) is 10.0 Å². The Bertz CT molecular complexity index is 643. The molecule has 0 saturated heterocycles. The molecule has 0 aliphatic carbocycles. The van der Waals surface area contributed by atoms with Gasteiger partial charge < -0.3 is 11.1 Å². The van der Waals surface area contributed by atoms with E-state index in [1.54, 1.807) is 24.3 Å². The third-order valence-electron chi connectivity index (χ3n) is 2.64. The van der Waals surface area contributed by atoms with Crippen LogP contribution in [0.2, 0.25) is 0 Å². The highest BCUT2D eigenvalue weighted by atomic mass is 79.9. The minimum atomic E-state index is -0.317. The van der Waals surface area contributed by atoms with E-state index < -0.39 is 0 Å². The summed E-state index contributed by atoms with van der Waals surface area (Å²) in [4.78, 5) is 0.261. The molecule has 2 aromatic carbocycles. The maximum Gasteiger partial charge on any atom is 0.146 e. The zero-order valence-corrected chi connectivity index (χ0v) is 12.6. The van der Waals surface area contributed by atoms with Crippen molar-refractivity contribution in [3.05, 3.63) is 57.8 Å². The van der Waals surface area contributed by atoms with Gasteiger partial charge in [0.05, 0.1) is 5.69 Å². The molecule has 2 aromatic rings. The summed E-state index contributed by atoms with van der Waals surface area (Å²) < 4.78 is 14.6. The van der Waals surface area contributed by atoms with Crippen LogP contribution in [0.1, 0.15) is 11.1 Å². The van der Waals surface area contributed by atoms with Gasteiger partial charge in [0, 0.05) is 15.7 Å². The minimum absolute atomic E-state index is 0.261. The van der Waals surface area contributed by atoms with E-state index in [2.05, 4.69) is 21.2 Å². The molecule has 3 N–H and O–H groups in total. The fourth-order valence-electron chi connectivity index (χ4n) is 1.71. The summed E-state index contributed by atoms with van der Waals surface area (Å²) in [5, 5.41) is 3.03. The van der Waals surface area contributed by atoms with Crippen molar-refractivity contribution < 1.29 is 4.39 Å². The molecule has 0 amide bonds. The zero-order chi connectivity index (χ0) is 14.0. The van der Waals surface area contributed by atoms with Crippen LogP contribution < -0.4 is 11.1 Å². The van der Waals surface area contributed by atoms with E-state index in [1.807, 2.05) is 13.0 Å². The molecule has 2 nitrogen and oxygen atoms in total. The number of rotatable bonds is 3. The normalized spacial score (nSPS) is 10.3. The van der Waals surface area contributed by atoms with Crippen LogP contribution in [0.25, 0.3) is 0 Å². The molecule has 5 heteroatoms. The van der Waals surface area contributed by atoms with Crippen molar-refractivity contribution in [2.45, 2.75) is 6.92 Å². The molecule has 0 aromatic heterocycles. The molecule has 2 rings (SSSR count). The molecule has 0 heterocycles. The number of halogens is 2. The summed E-state index contributed by atoms with van der Waals surface area (Å²) in [7, 11) is 0. The van der Waals surface area contributed by atoms with Crippen LogP contribution in [0, 0.1) is 12.7 Å². The lowest BCUT2D eigenvalue weighted by molar-refractivity contribution is 0.631. The Kier molecular flexibility index (Phi) is 4.17. The van der Waals surface area contributed by atoms with Gasteiger partial charge in [-0.05, 0) is 42.8 Å². The Balaban J connectivity index is 2.43. The fourth-order valence-corrected chi connectivity index (χ4v) is 2.24. The second-order valence-electron chi connectivity index (χ2n) is 4.16. The van der Waals surface area contributed by atoms with Gasteiger partial charge >= 0.3 is 0 Å². The topological polar surface area (TPSA) is 38.0 Å². The van der Waals surface area contributed by atoms with E-state index in [4.69, 9.17) is 18.0 Å². The summed E-state index contributed by atoms with van der Waals surface area (Å²) in [6.07, 6.45) is 0. The molecule has 0 atom stereocenters. The number of nitrogens with one attached hydrogen (secondary N) is 1. The molecule has 0 saturated carbocycles. The van der Waals surface area contributed by atoms with Crippen molar-refractivity contribution in [1.82, 2.24) is 0 Å². The molecule has 0 aliphatic heterocycles. The number of hydrogen-bond donors (Lipinski definition) is 2. The smallest absolute Gasteiger partial charge is 0.146 e.